The van der Waals surface area contributed by atoms with E-state index in [0.29, 0.717) is 0 Å². The maximum Gasteiger partial charge on any atom is 0.247 e. The molecule has 3 heteroatoms. The Bertz CT molecular complexity index is 607. The van der Waals surface area contributed by atoms with Crippen LogP contribution in [-0.2, 0) is 11.2 Å². The number of aryl methyl sites for hydroxylation is 1. The van der Waals surface area contributed by atoms with Crippen LogP contribution in [0.2, 0.25) is 0 Å². The van der Waals surface area contributed by atoms with E-state index in [1.165, 1.54) is 11.1 Å². The van der Waals surface area contributed by atoms with Crippen molar-refractivity contribution >= 4 is 17.3 Å². The van der Waals surface area contributed by atoms with Crippen LogP contribution >= 0.6 is 0 Å². The maximum atomic E-state index is 12.2. The molecule has 0 spiro atoms. The second-order valence-corrected chi connectivity index (χ2v) is 4.87. The van der Waals surface area contributed by atoms with Gasteiger partial charge in [0.1, 0.15) is 6.04 Å². The molecule has 0 radical (unpaired) electrons. The summed E-state index contributed by atoms with van der Waals surface area (Å²) in [6.07, 6.45) is 0.746. The van der Waals surface area contributed by atoms with Crippen molar-refractivity contribution in [1.29, 1.82) is 0 Å². The third-order valence-corrected chi connectivity index (χ3v) is 3.46. The van der Waals surface area contributed by atoms with Gasteiger partial charge in [0, 0.05) is 17.8 Å². The molecule has 0 saturated carbocycles. The Morgan fingerprint density at radius 2 is 1.95 bits per heavy atom. The second-order valence-electron chi connectivity index (χ2n) is 4.87. The maximum absolute atomic E-state index is 12.2. The van der Waals surface area contributed by atoms with Crippen molar-refractivity contribution in [2.75, 3.05) is 10.6 Å². The second kappa shape index (κ2) is 4.76. The zero-order valence-electron chi connectivity index (χ0n) is 10.8. The molecule has 1 heterocycles. The lowest BCUT2D eigenvalue weighted by Crippen LogP contribution is -2.32. The van der Waals surface area contributed by atoms with Crippen LogP contribution in [0.25, 0.3) is 0 Å². The van der Waals surface area contributed by atoms with Gasteiger partial charge in [-0.3, -0.25) is 4.79 Å². The summed E-state index contributed by atoms with van der Waals surface area (Å²) in [5, 5.41) is 6.25. The van der Waals surface area contributed by atoms with Gasteiger partial charge in [-0.05, 0) is 30.2 Å². The van der Waals surface area contributed by atoms with Crippen LogP contribution in [-0.4, -0.2) is 11.9 Å². The number of rotatable bonds is 2. The molecule has 0 bridgehead atoms. The number of hydrogen-bond acceptors (Lipinski definition) is 2. The molecule has 2 aromatic rings. The number of benzene rings is 2. The zero-order chi connectivity index (χ0) is 13.2. The van der Waals surface area contributed by atoms with Gasteiger partial charge in [0.25, 0.3) is 0 Å². The third kappa shape index (κ3) is 2.32. The van der Waals surface area contributed by atoms with E-state index in [0.717, 1.165) is 17.8 Å². The molecule has 3 rings (SSSR count). The number of amides is 1. The first-order valence-electron chi connectivity index (χ1n) is 6.45. The smallest absolute Gasteiger partial charge is 0.247 e. The fourth-order valence-corrected chi connectivity index (χ4v) is 2.46. The highest BCUT2D eigenvalue weighted by molar-refractivity contribution is 5.98. The molecule has 2 N–H and O–H groups in total. The molecule has 3 nitrogen and oxygen atoms in total. The summed E-state index contributed by atoms with van der Waals surface area (Å²) in [6.45, 7) is 2.06. The van der Waals surface area contributed by atoms with Crippen molar-refractivity contribution in [1.82, 2.24) is 0 Å². The quantitative estimate of drug-likeness (QED) is 0.862. The van der Waals surface area contributed by atoms with Crippen LogP contribution in [0.5, 0.6) is 0 Å². The number of anilines is 2. The van der Waals surface area contributed by atoms with Crippen LogP contribution in [0.15, 0.2) is 48.5 Å². The van der Waals surface area contributed by atoms with Crippen LogP contribution in [0.3, 0.4) is 0 Å². The molecule has 96 valence electrons. The van der Waals surface area contributed by atoms with Gasteiger partial charge in [-0.25, -0.2) is 0 Å². The molecule has 1 aliphatic rings. The number of nitrogens with one attached hydrogen (secondary N) is 2. The molecule has 1 amide bonds. The number of carbonyl (C=O) groups excluding carboxylic acids is 1. The molecule has 19 heavy (non-hydrogen) atoms. The van der Waals surface area contributed by atoms with Gasteiger partial charge in [-0.1, -0.05) is 36.4 Å². The van der Waals surface area contributed by atoms with Crippen molar-refractivity contribution in [3.8, 4) is 0 Å². The standard InChI is InChI=1S/C16H16N2O/c1-11-6-5-7-12-10-14(18-15(11)12)16(19)17-13-8-3-2-4-9-13/h2-9,14,18H,10H2,1H3,(H,17,19). The summed E-state index contributed by atoms with van der Waals surface area (Å²) in [5.41, 5.74) is 4.35. The molecule has 0 saturated heterocycles. The molecular formula is C16H16N2O. The summed E-state index contributed by atoms with van der Waals surface area (Å²) >= 11 is 0. The molecular weight excluding hydrogens is 236 g/mol. The summed E-state index contributed by atoms with van der Waals surface area (Å²) in [5.74, 6) is 0.0156. The Kier molecular flexibility index (Phi) is 2.95. The molecule has 2 aromatic carbocycles. The topological polar surface area (TPSA) is 41.1 Å². The first kappa shape index (κ1) is 11.8. The fraction of sp³-hybridized carbons (Fsp3) is 0.188. The predicted octanol–water partition coefficient (Wildman–Crippen LogP) is 2.97. The summed E-state index contributed by atoms with van der Waals surface area (Å²) < 4.78 is 0. The highest BCUT2D eigenvalue weighted by Gasteiger charge is 2.27. The first-order chi connectivity index (χ1) is 9.24. The van der Waals surface area contributed by atoms with E-state index in [2.05, 4.69) is 29.7 Å². The van der Waals surface area contributed by atoms with Gasteiger partial charge >= 0.3 is 0 Å². The van der Waals surface area contributed by atoms with E-state index in [4.69, 9.17) is 0 Å². The van der Waals surface area contributed by atoms with Crippen molar-refractivity contribution < 1.29 is 4.79 Å². The first-order valence-corrected chi connectivity index (χ1v) is 6.45. The Balaban J connectivity index is 1.73. The highest BCUT2D eigenvalue weighted by atomic mass is 16.2. The minimum atomic E-state index is -0.184. The average molecular weight is 252 g/mol. The SMILES string of the molecule is Cc1cccc2c1NC(C(=O)Nc1ccccc1)C2. The predicted molar refractivity (Wildman–Crippen MR) is 77.4 cm³/mol. The Morgan fingerprint density at radius 3 is 2.68 bits per heavy atom. The molecule has 1 atom stereocenters. The third-order valence-electron chi connectivity index (χ3n) is 3.46. The van der Waals surface area contributed by atoms with Gasteiger partial charge in [0.2, 0.25) is 5.91 Å². The number of fused-ring (bicyclic) bond motifs is 1. The van der Waals surface area contributed by atoms with Crippen molar-refractivity contribution in [3.63, 3.8) is 0 Å². The highest BCUT2D eigenvalue weighted by Crippen LogP contribution is 2.29. The van der Waals surface area contributed by atoms with E-state index in [9.17, 15) is 4.79 Å². The average Bonchev–Trinajstić information content (AvgIpc) is 2.85. The minimum Gasteiger partial charge on any atom is -0.373 e. The Morgan fingerprint density at radius 1 is 1.16 bits per heavy atom. The van der Waals surface area contributed by atoms with Crippen LogP contribution < -0.4 is 10.6 Å². The monoisotopic (exact) mass is 252 g/mol. The van der Waals surface area contributed by atoms with Gasteiger partial charge in [0.05, 0.1) is 0 Å². The lowest BCUT2D eigenvalue weighted by molar-refractivity contribution is -0.116. The lowest BCUT2D eigenvalue weighted by Gasteiger charge is -2.12. The lowest BCUT2D eigenvalue weighted by atomic mass is 10.1. The van der Waals surface area contributed by atoms with Gasteiger partial charge in [0.15, 0.2) is 0 Å². The van der Waals surface area contributed by atoms with Gasteiger partial charge in [-0.15, -0.1) is 0 Å². The van der Waals surface area contributed by atoms with Crippen molar-refractivity contribution in [2.45, 2.75) is 19.4 Å². The van der Waals surface area contributed by atoms with Crippen LogP contribution in [0, 0.1) is 6.92 Å². The Hall–Kier alpha value is -2.29. The fourth-order valence-electron chi connectivity index (χ4n) is 2.46. The largest absolute Gasteiger partial charge is 0.373 e. The van der Waals surface area contributed by atoms with E-state index in [1.54, 1.807) is 0 Å². The van der Waals surface area contributed by atoms with Gasteiger partial charge < -0.3 is 10.6 Å². The van der Waals surface area contributed by atoms with Gasteiger partial charge in [-0.2, -0.15) is 0 Å². The van der Waals surface area contributed by atoms with Crippen molar-refractivity contribution in [2.24, 2.45) is 0 Å². The molecule has 1 unspecified atom stereocenters. The number of carbonyl (C=O) groups is 1. The molecule has 0 fully saturated rings. The number of hydrogen-bond donors (Lipinski definition) is 2. The van der Waals surface area contributed by atoms with E-state index in [-0.39, 0.29) is 11.9 Å². The molecule has 1 aliphatic heterocycles. The minimum absolute atomic E-state index is 0.0156. The molecule has 0 aliphatic carbocycles. The summed E-state index contributed by atoms with van der Waals surface area (Å²) in [7, 11) is 0. The van der Waals surface area contributed by atoms with E-state index >= 15 is 0 Å². The molecule has 0 aromatic heterocycles. The van der Waals surface area contributed by atoms with E-state index < -0.39 is 0 Å². The zero-order valence-corrected chi connectivity index (χ0v) is 10.8. The van der Waals surface area contributed by atoms with Crippen LogP contribution in [0.1, 0.15) is 11.1 Å². The van der Waals surface area contributed by atoms with E-state index in [1.807, 2.05) is 36.4 Å². The van der Waals surface area contributed by atoms with Crippen molar-refractivity contribution in [3.05, 3.63) is 59.7 Å². The van der Waals surface area contributed by atoms with Crippen LogP contribution in [0.4, 0.5) is 11.4 Å². The normalized spacial score (nSPS) is 16.6. The Labute approximate surface area is 112 Å². The summed E-state index contributed by atoms with van der Waals surface area (Å²) in [6, 6.07) is 15.5. The number of para-hydroxylation sites is 2. The summed E-state index contributed by atoms with van der Waals surface area (Å²) in [4.78, 5) is 12.2.